The molecule has 0 unspecified atom stereocenters. The quantitative estimate of drug-likeness (QED) is 0.767. The number of aromatic nitrogens is 3. The summed E-state index contributed by atoms with van der Waals surface area (Å²) in [6.07, 6.45) is 2.67. The van der Waals surface area contributed by atoms with Crippen LogP contribution in [-0.4, -0.2) is 26.6 Å². The summed E-state index contributed by atoms with van der Waals surface area (Å²) >= 11 is 2.15. The van der Waals surface area contributed by atoms with Crippen LogP contribution in [0.15, 0.2) is 12.5 Å². The number of hydrogen-bond donors (Lipinski definition) is 2. The lowest BCUT2D eigenvalue weighted by atomic mass is 10.2. The molecule has 0 bridgehead atoms. The Kier molecular flexibility index (Phi) is 3.42. The second kappa shape index (κ2) is 4.71. The summed E-state index contributed by atoms with van der Waals surface area (Å²) in [4.78, 5) is 22.8. The molecule has 0 spiro atoms. The van der Waals surface area contributed by atoms with E-state index in [4.69, 9.17) is 4.74 Å². The third kappa shape index (κ3) is 2.89. The number of amides is 1. The summed E-state index contributed by atoms with van der Waals surface area (Å²) in [5.41, 5.74) is 0.141. The molecule has 18 heavy (non-hydrogen) atoms. The van der Waals surface area contributed by atoms with E-state index in [1.165, 1.54) is 6.33 Å². The second-order valence-electron chi connectivity index (χ2n) is 4.71. The number of halogens is 1. The van der Waals surface area contributed by atoms with Gasteiger partial charge in [-0.15, -0.1) is 0 Å². The number of fused-ring (bicyclic) bond motifs is 1. The van der Waals surface area contributed by atoms with Crippen molar-refractivity contribution in [1.29, 1.82) is 0 Å². The number of aromatic amines is 1. The molecule has 2 aromatic rings. The van der Waals surface area contributed by atoms with E-state index in [-0.39, 0.29) is 0 Å². The average Bonchev–Trinajstić information content (AvgIpc) is 2.58. The van der Waals surface area contributed by atoms with Crippen molar-refractivity contribution in [2.45, 2.75) is 26.4 Å². The Bertz CT molecular complexity index is 588. The van der Waals surface area contributed by atoms with E-state index in [0.717, 1.165) is 8.96 Å². The molecule has 0 aromatic carbocycles. The topological polar surface area (TPSA) is 79.9 Å². The van der Waals surface area contributed by atoms with Gasteiger partial charge in [-0.2, -0.15) is 0 Å². The monoisotopic (exact) mass is 360 g/mol. The van der Waals surface area contributed by atoms with Crippen LogP contribution in [0.1, 0.15) is 20.8 Å². The number of ether oxygens (including phenoxy) is 1. The van der Waals surface area contributed by atoms with Crippen LogP contribution in [0.3, 0.4) is 0 Å². The average molecular weight is 360 g/mol. The van der Waals surface area contributed by atoms with Gasteiger partial charge in [-0.25, -0.2) is 14.8 Å². The van der Waals surface area contributed by atoms with Gasteiger partial charge >= 0.3 is 6.09 Å². The summed E-state index contributed by atoms with van der Waals surface area (Å²) in [7, 11) is 0. The van der Waals surface area contributed by atoms with Crippen LogP contribution in [0.5, 0.6) is 0 Å². The van der Waals surface area contributed by atoms with E-state index in [1.807, 2.05) is 20.8 Å². The zero-order chi connectivity index (χ0) is 13.3. The van der Waals surface area contributed by atoms with Gasteiger partial charge in [-0.1, -0.05) is 0 Å². The molecule has 0 aliphatic carbocycles. The highest BCUT2D eigenvalue weighted by molar-refractivity contribution is 14.1. The molecule has 0 aliphatic heterocycles. The zero-order valence-corrected chi connectivity index (χ0v) is 12.4. The first-order chi connectivity index (χ1) is 8.37. The fourth-order valence-corrected chi connectivity index (χ4v) is 2.09. The van der Waals surface area contributed by atoms with Gasteiger partial charge in [-0.3, -0.25) is 5.32 Å². The van der Waals surface area contributed by atoms with Crippen molar-refractivity contribution in [3.05, 3.63) is 16.1 Å². The predicted molar refractivity (Wildman–Crippen MR) is 76.5 cm³/mol. The van der Waals surface area contributed by atoms with Gasteiger partial charge in [0.05, 0.1) is 5.39 Å². The number of carbonyl (C=O) groups excluding carboxylic acids is 1. The van der Waals surface area contributed by atoms with Crippen molar-refractivity contribution >= 4 is 45.5 Å². The molecule has 0 aliphatic rings. The summed E-state index contributed by atoms with van der Waals surface area (Å²) in [5.74, 6) is 0.444. The number of hydrogen-bond acceptors (Lipinski definition) is 4. The van der Waals surface area contributed by atoms with E-state index in [2.05, 4.69) is 42.9 Å². The minimum absolute atomic E-state index is 0.444. The Labute approximate surface area is 118 Å². The smallest absolute Gasteiger partial charge is 0.413 e. The lowest BCUT2D eigenvalue weighted by molar-refractivity contribution is 0.0635. The van der Waals surface area contributed by atoms with Gasteiger partial charge in [-0.05, 0) is 43.4 Å². The van der Waals surface area contributed by atoms with E-state index >= 15 is 0 Å². The van der Waals surface area contributed by atoms with Crippen LogP contribution in [0.4, 0.5) is 10.6 Å². The van der Waals surface area contributed by atoms with Crippen molar-refractivity contribution in [2.75, 3.05) is 5.32 Å². The highest BCUT2D eigenvalue weighted by Crippen LogP contribution is 2.24. The largest absolute Gasteiger partial charge is 0.444 e. The molecule has 2 rings (SSSR count). The molecule has 6 nitrogen and oxygen atoms in total. The van der Waals surface area contributed by atoms with Crippen LogP contribution < -0.4 is 5.32 Å². The van der Waals surface area contributed by atoms with Gasteiger partial charge in [0, 0.05) is 9.77 Å². The van der Waals surface area contributed by atoms with Crippen molar-refractivity contribution in [2.24, 2.45) is 0 Å². The molecular formula is C11H13IN4O2. The molecular weight excluding hydrogens is 347 g/mol. The normalized spacial score (nSPS) is 11.6. The number of H-pyrrole nitrogens is 1. The molecule has 1 amide bonds. The first-order valence-corrected chi connectivity index (χ1v) is 6.42. The van der Waals surface area contributed by atoms with Gasteiger partial charge in [0.2, 0.25) is 0 Å². The van der Waals surface area contributed by atoms with Crippen molar-refractivity contribution < 1.29 is 9.53 Å². The Balaban J connectivity index is 2.27. The maximum Gasteiger partial charge on any atom is 0.413 e. The predicted octanol–water partition coefficient (Wildman–Crippen LogP) is 2.91. The highest BCUT2D eigenvalue weighted by Gasteiger charge is 2.18. The molecule has 0 fully saturated rings. The number of rotatable bonds is 1. The van der Waals surface area contributed by atoms with Crippen LogP contribution in [0.2, 0.25) is 0 Å². The minimum Gasteiger partial charge on any atom is -0.444 e. The minimum atomic E-state index is -0.540. The van der Waals surface area contributed by atoms with Crippen LogP contribution >= 0.6 is 22.6 Å². The van der Waals surface area contributed by atoms with Gasteiger partial charge < -0.3 is 9.72 Å². The Morgan fingerprint density at radius 3 is 2.83 bits per heavy atom. The molecule has 0 saturated carbocycles. The maximum absolute atomic E-state index is 11.7. The van der Waals surface area contributed by atoms with Gasteiger partial charge in [0.25, 0.3) is 0 Å². The molecule has 0 radical (unpaired) electrons. The summed E-state index contributed by atoms with van der Waals surface area (Å²) < 4.78 is 6.12. The SMILES string of the molecule is CC(C)(C)OC(=O)Nc1ncnc2[nH]cc(I)c12. The van der Waals surface area contributed by atoms with Crippen LogP contribution in [-0.2, 0) is 4.74 Å². The maximum atomic E-state index is 11.7. The number of carbonyl (C=O) groups is 1. The number of nitrogens with one attached hydrogen (secondary N) is 2. The third-order valence-electron chi connectivity index (χ3n) is 2.04. The van der Waals surface area contributed by atoms with Crippen molar-refractivity contribution in [3.63, 3.8) is 0 Å². The lowest BCUT2D eigenvalue weighted by Crippen LogP contribution is -2.27. The number of anilines is 1. The van der Waals surface area contributed by atoms with Crippen molar-refractivity contribution in [1.82, 2.24) is 15.0 Å². The Hall–Kier alpha value is -1.38. The Morgan fingerprint density at radius 1 is 1.44 bits per heavy atom. The Morgan fingerprint density at radius 2 is 2.17 bits per heavy atom. The van der Waals surface area contributed by atoms with Crippen LogP contribution in [0, 0.1) is 3.57 Å². The first kappa shape index (κ1) is 13.1. The summed E-state index contributed by atoms with van der Waals surface area (Å²) in [5, 5.41) is 3.41. The van der Waals surface area contributed by atoms with E-state index in [0.29, 0.717) is 11.5 Å². The molecule has 2 heterocycles. The fraction of sp³-hybridized carbons (Fsp3) is 0.364. The number of nitrogens with zero attached hydrogens (tertiary/aromatic N) is 2. The van der Waals surface area contributed by atoms with E-state index in [1.54, 1.807) is 6.20 Å². The first-order valence-electron chi connectivity index (χ1n) is 5.34. The standard InChI is InChI=1S/C11H13IN4O2/c1-11(2,3)18-10(17)16-9-7-6(12)4-13-8(7)14-5-15-9/h4-5H,1-3H3,(H2,13,14,15,16,17). The third-order valence-corrected chi connectivity index (χ3v) is 2.89. The molecule has 0 atom stereocenters. The summed E-state index contributed by atoms with van der Waals surface area (Å²) in [6, 6.07) is 0. The van der Waals surface area contributed by atoms with Crippen molar-refractivity contribution in [3.8, 4) is 0 Å². The van der Waals surface area contributed by atoms with E-state index in [9.17, 15) is 4.79 Å². The molecule has 2 aromatic heterocycles. The van der Waals surface area contributed by atoms with Gasteiger partial charge in [0.15, 0.2) is 0 Å². The van der Waals surface area contributed by atoms with Crippen LogP contribution in [0.25, 0.3) is 11.0 Å². The molecule has 96 valence electrons. The summed E-state index contributed by atoms with van der Waals surface area (Å²) in [6.45, 7) is 5.42. The molecule has 0 saturated heterocycles. The zero-order valence-electron chi connectivity index (χ0n) is 10.2. The molecule has 2 N–H and O–H groups in total. The van der Waals surface area contributed by atoms with Gasteiger partial charge in [0.1, 0.15) is 23.4 Å². The molecule has 7 heteroatoms. The van der Waals surface area contributed by atoms with E-state index < -0.39 is 11.7 Å². The fourth-order valence-electron chi connectivity index (χ4n) is 1.42. The second-order valence-corrected chi connectivity index (χ2v) is 5.87. The lowest BCUT2D eigenvalue weighted by Gasteiger charge is -2.19. The highest BCUT2D eigenvalue weighted by atomic mass is 127.